The van der Waals surface area contributed by atoms with Crippen LogP contribution in [0.1, 0.15) is 12.0 Å². The molecule has 0 atom stereocenters. The minimum Gasteiger partial charge on any atom is -0.481 e. The zero-order valence-electron chi connectivity index (χ0n) is 9.96. The Labute approximate surface area is 113 Å². The fraction of sp³-hybridized carbons (Fsp3) is 0.154. The van der Waals surface area contributed by atoms with Gasteiger partial charge in [-0.3, -0.25) is 4.79 Å². The van der Waals surface area contributed by atoms with Crippen molar-refractivity contribution in [3.8, 4) is 0 Å². The van der Waals surface area contributed by atoms with Crippen molar-refractivity contribution in [2.75, 3.05) is 5.75 Å². The van der Waals surface area contributed by atoms with Gasteiger partial charge < -0.3 is 10.1 Å². The lowest BCUT2D eigenvalue weighted by molar-refractivity contribution is -0.133. The number of carboxylic acids is 1. The van der Waals surface area contributed by atoms with E-state index in [1.54, 1.807) is 0 Å². The largest absolute Gasteiger partial charge is 0.481 e. The summed E-state index contributed by atoms with van der Waals surface area (Å²) < 4.78 is 0. The summed E-state index contributed by atoms with van der Waals surface area (Å²) >= 11 is 1.22. The van der Waals surface area contributed by atoms with Crippen LogP contribution in [-0.4, -0.2) is 32.6 Å². The molecule has 0 amide bonds. The van der Waals surface area contributed by atoms with Crippen molar-refractivity contribution in [1.82, 2.24) is 4.98 Å². The molecule has 1 aromatic carbocycles. The highest BCUT2D eigenvalue weighted by Gasteiger charge is 2.18. The number of hydrogen-bond acceptors (Lipinski definition) is 4. The maximum atomic E-state index is 10.5. The number of aliphatic carboxylic acids is 1. The molecule has 2 heterocycles. The molecule has 2 aromatic rings. The second-order valence-electron chi connectivity index (χ2n) is 4.15. The van der Waals surface area contributed by atoms with Gasteiger partial charge in [-0.25, -0.2) is 0 Å². The molecule has 0 aliphatic carbocycles. The summed E-state index contributed by atoms with van der Waals surface area (Å²) in [6.07, 6.45) is 2.49. The summed E-state index contributed by atoms with van der Waals surface area (Å²) in [7, 11) is 0. The SMILES string of the molecule is O=C(O)CSC1=NN=C(c2cccc3cc[nH]c23)C1. The third-order valence-corrected chi connectivity index (χ3v) is 3.81. The maximum Gasteiger partial charge on any atom is 0.313 e. The number of nitrogens with zero attached hydrogens (tertiary/aromatic N) is 2. The Morgan fingerprint density at radius 2 is 2.26 bits per heavy atom. The molecule has 5 nitrogen and oxygen atoms in total. The summed E-state index contributed by atoms with van der Waals surface area (Å²) in [5.41, 5.74) is 2.94. The highest BCUT2D eigenvalue weighted by atomic mass is 32.2. The summed E-state index contributed by atoms with van der Waals surface area (Å²) in [6, 6.07) is 8.02. The van der Waals surface area contributed by atoms with Crippen molar-refractivity contribution < 1.29 is 9.90 Å². The topological polar surface area (TPSA) is 77.8 Å². The van der Waals surface area contributed by atoms with E-state index < -0.39 is 5.97 Å². The van der Waals surface area contributed by atoms with Crippen molar-refractivity contribution >= 4 is 39.4 Å². The Hall–Kier alpha value is -2.08. The van der Waals surface area contributed by atoms with Gasteiger partial charge in [-0.15, -0.1) is 5.10 Å². The van der Waals surface area contributed by atoms with E-state index in [0.29, 0.717) is 6.42 Å². The first-order valence-electron chi connectivity index (χ1n) is 5.78. The number of nitrogens with one attached hydrogen (secondary N) is 1. The molecule has 1 aliphatic heterocycles. The smallest absolute Gasteiger partial charge is 0.313 e. The first kappa shape index (κ1) is 12.0. The van der Waals surface area contributed by atoms with Crippen LogP contribution >= 0.6 is 11.8 Å². The predicted molar refractivity (Wildman–Crippen MR) is 77.0 cm³/mol. The van der Waals surface area contributed by atoms with Crippen molar-refractivity contribution in [3.05, 3.63) is 36.0 Å². The van der Waals surface area contributed by atoms with Gasteiger partial charge in [0.1, 0.15) is 5.04 Å². The molecular formula is C13H11N3O2S. The first-order chi connectivity index (χ1) is 9.24. The van der Waals surface area contributed by atoms with Crippen molar-refractivity contribution in [2.45, 2.75) is 6.42 Å². The Morgan fingerprint density at radius 3 is 3.11 bits per heavy atom. The Bertz CT molecular complexity index is 703. The number of H-pyrrole nitrogens is 1. The number of para-hydroxylation sites is 1. The van der Waals surface area contributed by atoms with Gasteiger partial charge in [0.25, 0.3) is 0 Å². The van der Waals surface area contributed by atoms with Gasteiger partial charge >= 0.3 is 5.97 Å². The van der Waals surface area contributed by atoms with E-state index >= 15 is 0 Å². The Kier molecular flexibility index (Phi) is 3.08. The van der Waals surface area contributed by atoms with Crippen LogP contribution in [0.2, 0.25) is 0 Å². The van der Waals surface area contributed by atoms with Gasteiger partial charge in [-0.2, -0.15) is 5.10 Å². The summed E-state index contributed by atoms with van der Waals surface area (Å²) in [5.74, 6) is -0.818. The summed E-state index contributed by atoms with van der Waals surface area (Å²) in [4.78, 5) is 13.7. The van der Waals surface area contributed by atoms with Crippen molar-refractivity contribution in [3.63, 3.8) is 0 Å². The van der Waals surface area contributed by atoms with Gasteiger partial charge in [0.2, 0.25) is 0 Å². The highest BCUT2D eigenvalue weighted by Crippen LogP contribution is 2.23. The molecule has 0 spiro atoms. The predicted octanol–water partition coefficient (Wildman–Crippen LogP) is 2.49. The van der Waals surface area contributed by atoms with Crippen LogP contribution in [0.25, 0.3) is 10.9 Å². The summed E-state index contributed by atoms with van der Waals surface area (Å²) in [5, 5.41) is 18.7. The molecule has 0 bridgehead atoms. The van der Waals surface area contributed by atoms with Crippen LogP contribution in [-0.2, 0) is 4.79 Å². The van der Waals surface area contributed by atoms with Crippen LogP contribution in [0, 0.1) is 0 Å². The minimum absolute atomic E-state index is 0.0222. The minimum atomic E-state index is -0.840. The molecule has 0 radical (unpaired) electrons. The molecule has 0 saturated heterocycles. The molecule has 2 N–H and O–H groups in total. The molecule has 0 unspecified atom stereocenters. The lowest BCUT2D eigenvalue weighted by atomic mass is 10.1. The van der Waals surface area contributed by atoms with Gasteiger partial charge in [0.05, 0.1) is 17.0 Å². The van der Waals surface area contributed by atoms with E-state index in [4.69, 9.17) is 5.11 Å². The first-order valence-corrected chi connectivity index (χ1v) is 6.77. The number of aromatic nitrogens is 1. The van der Waals surface area contributed by atoms with Crippen LogP contribution in [0.3, 0.4) is 0 Å². The molecule has 6 heteroatoms. The number of carbonyl (C=O) groups is 1. The van der Waals surface area contributed by atoms with Crippen LogP contribution in [0.15, 0.2) is 40.7 Å². The van der Waals surface area contributed by atoms with Crippen molar-refractivity contribution in [2.24, 2.45) is 10.2 Å². The van der Waals surface area contributed by atoms with E-state index in [1.807, 2.05) is 30.5 Å². The quantitative estimate of drug-likeness (QED) is 0.901. The third-order valence-electron chi connectivity index (χ3n) is 2.86. The van der Waals surface area contributed by atoms with Crippen LogP contribution in [0.4, 0.5) is 0 Å². The van der Waals surface area contributed by atoms with Crippen LogP contribution < -0.4 is 0 Å². The molecule has 96 valence electrons. The molecule has 19 heavy (non-hydrogen) atoms. The van der Waals surface area contributed by atoms with Gasteiger partial charge in [0.15, 0.2) is 0 Å². The zero-order valence-corrected chi connectivity index (χ0v) is 10.8. The second kappa shape index (κ2) is 4.89. The number of rotatable bonds is 3. The van der Waals surface area contributed by atoms with E-state index in [1.165, 1.54) is 11.8 Å². The fourth-order valence-electron chi connectivity index (χ4n) is 2.03. The molecule has 0 fully saturated rings. The number of aromatic amines is 1. The zero-order chi connectivity index (χ0) is 13.2. The fourth-order valence-corrected chi connectivity index (χ4v) is 2.66. The average Bonchev–Trinajstić information content (AvgIpc) is 3.04. The summed E-state index contributed by atoms with van der Waals surface area (Å²) in [6.45, 7) is 0. The van der Waals surface area contributed by atoms with Crippen LogP contribution in [0.5, 0.6) is 0 Å². The van der Waals surface area contributed by atoms with Crippen molar-refractivity contribution in [1.29, 1.82) is 0 Å². The molecule has 1 aromatic heterocycles. The number of thioether (sulfide) groups is 1. The Morgan fingerprint density at radius 1 is 1.37 bits per heavy atom. The second-order valence-corrected chi connectivity index (χ2v) is 5.20. The molecular weight excluding hydrogens is 262 g/mol. The van der Waals surface area contributed by atoms with E-state index in [0.717, 1.165) is 27.2 Å². The number of hydrogen-bond donors (Lipinski definition) is 2. The van der Waals surface area contributed by atoms with E-state index in [2.05, 4.69) is 15.2 Å². The van der Waals surface area contributed by atoms with E-state index in [9.17, 15) is 4.79 Å². The molecule has 0 saturated carbocycles. The maximum absolute atomic E-state index is 10.5. The van der Waals surface area contributed by atoms with E-state index in [-0.39, 0.29) is 5.75 Å². The third kappa shape index (κ3) is 2.39. The number of fused-ring (bicyclic) bond motifs is 1. The van der Waals surface area contributed by atoms with Gasteiger partial charge in [-0.05, 0) is 6.07 Å². The Balaban J connectivity index is 1.79. The molecule has 3 rings (SSSR count). The standard InChI is InChI=1S/C13H11N3O2S/c17-12(18)7-19-11-6-10(15-16-11)9-3-1-2-8-4-5-14-13(8)9/h1-5,14H,6-7H2,(H,17,18). The highest BCUT2D eigenvalue weighted by molar-refractivity contribution is 8.14. The monoisotopic (exact) mass is 273 g/mol. The number of benzene rings is 1. The lowest BCUT2D eigenvalue weighted by Crippen LogP contribution is -2.05. The molecule has 1 aliphatic rings. The lowest BCUT2D eigenvalue weighted by Gasteiger charge is -2.02. The average molecular weight is 273 g/mol. The normalized spacial score (nSPS) is 14.5. The number of carboxylic acid groups (broad SMARTS) is 1. The van der Waals surface area contributed by atoms with Gasteiger partial charge in [-0.1, -0.05) is 30.0 Å². The van der Waals surface area contributed by atoms with Gasteiger partial charge in [0, 0.05) is 23.6 Å².